The van der Waals surface area contributed by atoms with Gasteiger partial charge in [0.05, 0.1) is 10.1 Å². The highest BCUT2D eigenvalue weighted by molar-refractivity contribution is 7.92. The Morgan fingerprint density at radius 1 is 1.25 bits per heavy atom. The highest BCUT2D eigenvalue weighted by atomic mass is 32.2. The molecule has 0 unspecified atom stereocenters. The van der Waals surface area contributed by atoms with Crippen LogP contribution in [0.25, 0.3) is 0 Å². The smallest absolute Gasteiger partial charge is 0.181 e. The second kappa shape index (κ2) is 4.55. The molecular formula is C12H16O3S. The fourth-order valence-corrected chi connectivity index (χ4v) is 4.09. The van der Waals surface area contributed by atoms with Crippen LogP contribution in [0.4, 0.5) is 0 Å². The van der Waals surface area contributed by atoms with Crippen molar-refractivity contribution in [3.05, 3.63) is 29.8 Å². The first-order valence-corrected chi connectivity index (χ1v) is 7.13. The van der Waals surface area contributed by atoms with Crippen LogP contribution in [0.2, 0.25) is 0 Å². The maximum Gasteiger partial charge on any atom is 0.181 e. The van der Waals surface area contributed by atoms with Crippen molar-refractivity contribution < 1.29 is 13.5 Å². The first-order valence-electron chi connectivity index (χ1n) is 5.59. The fourth-order valence-electron chi connectivity index (χ4n) is 1.97. The van der Waals surface area contributed by atoms with Crippen LogP contribution in [0.5, 0.6) is 0 Å². The van der Waals surface area contributed by atoms with Crippen molar-refractivity contribution in [1.82, 2.24) is 0 Å². The molecule has 1 aromatic rings. The molecule has 16 heavy (non-hydrogen) atoms. The van der Waals surface area contributed by atoms with Gasteiger partial charge in [0.25, 0.3) is 0 Å². The van der Waals surface area contributed by atoms with E-state index < -0.39 is 9.84 Å². The minimum atomic E-state index is -3.17. The fraction of sp³-hybridized carbons (Fsp3) is 0.500. The van der Waals surface area contributed by atoms with Crippen molar-refractivity contribution in [2.75, 3.05) is 6.61 Å². The summed E-state index contributed by atoms with van der Waals surface area (Å²) in [6, 6.07) is 6.98. The van der Waals surface area contributed by atoms with E-state index in [4.69, 9.17) is 5.11 Å². The molecule has 0 aliphatic heterocycles. The standard InChI is InChI=1S/C12H16O3S/c13-9-8-10-4-1-2-7-12(10)16(14,15)11-5-3-6-11/h1-2,4,7,11,13H,3,5-6,8-9H2. The predicted octanol–water partition coefficient (Wildman–Crippen LogP) is 1.55. The van der Waals surface area contributed by atoms with Gasteiger partial charge in [-0.1, -0.05) is 24.6 Å². The molecule has 0 heterocycles. The third-order valence-electron chi connectivity index (χ3n) is 3.15. The second-order valence-corrected chi connectivity index (χ2v) is 6.38. The van der Waals surface area contributed by atoms with Gasteiger partial charge in [-0.15, -0.1) is 0 Å². The zero-order valence-corrected chi connectivity index (χ0v) is 9.91. The van der Waals surface area contributed by atoms with Gasteiger partial charge in [0.1, 0.15) is 0 Å². The lowest BCUT2D eigenvalue weighted by Gasteiger charge is -2.26. The van der Waals surface area contributed by atoms with E-state index in [1.807, 2.05) is 6.07 Å². The average Bonchev–Trinajstić information content (AvgIpc) is 2.15. The summed E-state index contributed by atoms with van der Waals surface area (Å²) in [6.45, 7) is -0.0167. The molecule has 1 aliphatic carbocycles. The largest absolute Gasteiger partial charge is 0.396 e. The summed E-state index contributed by atoms with van der Waals surface area (Å²) in [5, 5.41) is 8.72. The molecular weight excluding hydrogens is 224 g/mol. The topological polar surface area (TPSA) is 54.4 Å². The lowest BCUT2D eigenvalue weighted by molar-refractivity contribution is 0.298. The summed E-state index contributed by atoms with van der Waals surface area (Å²) in [5.41, 5.74) is 0.733. The first-order chi connectivity index (χ1) is 7.66. The molecule has 0 bridgehead atoms. The van der Waals surface area contributed by atoms with Gasteiger partial charge in [0, 0.05) is 6.61 Å². The van der Waals surface area contributed by atoms with Gasteiger partial charge in [-0.25, -0.2) is 8.42 Å². The maximum absolute atomic E-state index is 12.2. The Hall–Kier alpha value is -0.870. The molecule has 1 fully saturated rings. The Kier molecular flexibility index (Phi) is 3.30. The first kappa shape index (κ1) is 11.6. The van der Waals surface area contributed by atoms with Crippen molar-refractivity contribution in [2.24, 2.45) is 0 Å². The van der Waals surface area contributed by atoms with Crippen LogP contribution in [0.15, 0.2) is 29.2 Å². The Labute approximate surface area is 96.0 Å². The van der Waals surface area contributed by atoms with Crippen LogP contribution < -0.4 is 0 Å². The van der Waals surface area contributed by atoms with Crippen molar-refractivity contribution >= 4 is 9.84 Å². The maximum atomic E-state index is 12.2. The third kappa shape index (κ3) is 1.99. The van der Waals surface area contributed by atoms with E-state index in [-0.39, 0.29) is 11.9 Å². The number of rotatable bonds is 4. The summed E-state index contributed by atoms with van der Waals surface area (Å²) >= 11 is 0. The molecule has 4 heteroatoms. The Balaban J connectivity index is 2.38. The van der Waals surface area contributed by atoms with Gasteiger partial charge in [-0.2, -0.15) is 0 Å². The second-order valence-electron chi connectivity index (χ2n) is 4.18. The predicted molar refractivity (Wildman–Crippen MR) is 62.1 cm³/mol. The molecule has 2 rings (SSSR count). The molecule has 1 aliphatic rings. The Bertz CT molecular complexity index is 461. The molecule has 3 nitrogen and oxygen atoms in total. The van der Waals surface area contributed by atoms with E-state index in [0.717, 1.165) is 24.8 Å². The molecule has 0 atom stereocenters. The van der Waals surface area contributed by atoms with Crippen molar-refractivity contribution in [2.45, 2.75) is 35.8 Å². The third-order valence-corrected chi connectivity index (χ3v) is 5.51. The van der Waals surface area contributed by atoms with Crippen LogP contribution in [0.1, 0.15) is 24.8 Å². The molecule has 0 aromatic heterocycles. The van der Waals surface area contributed by atoms with Crippen molar-refractivity contribution in [1.29, 1.82) is 0 Å². The van der Waals surface area contributed by atoms with Gasteiger partial charge < -0.3 is 5.11 Å². The minimum absolute atomic E-state index is 0.0167. The highest BCUT2D eigenvalue weighted by Crippen LogP contribution is 2.32. The molecule has 0 spiro atoms. The Morgan fingerprint density at radius 2 is 1.94 bits per heavy atom. The molecule has 1 saturated carbocycles. The zero-order chi connectivity index (χ0) is 11.6. The SMILES string of the molecule is O=S(=O)(c1ccccc1CCO)C1CCC1. The molecule has 0 amide bonds. The number of benzene rings is 1. The van der Waals surface area contributed by atoms with E-state index in [1.54, 1.807) is 18.2 Å². The molecule has 0 saturated heterocycles. The number of aliphatic hydroxyl groups is 1. The minimum Gasteiger partial charge on any atom is -0.396 e. The molecule has 0 radical (unpaired) electrons. The van der Waals surface area contributed by atoms with Gasteiger partial charge in [-0.3, -0.25) is 0 Å². The zero-order valence-electron chi connectivity index (χ0n) is 9.09. The van der Waals surface area contributed by atoms with Crippen molar-refractivity contribution in [3.63, 3.8) is 0 Å². The van der Waals surface area contributed by atoms with Gasteiger partial charge in [-0.05, 0) is 30.9 Å². The Morgan fingerprint density at radius 3 is 2.50 bits per heavy atom. The van der Waals surface area contributed by atoms with E-state index in [0.29, 0.717) is 11.3 Å². The van der Waals surface area contributed by atoms with Crippen LogP contribution in [-0.4, -0.2) is 25.4 Å². The molecule has 88 valence electrons. The normalized spacial score (nSPS) is 17.1. The average molecular weight is 240 g/mol. The van der Waals surface area contributed by atoms with Gasteiger partial charge in [0.15, 0.2) is 9.84 Å². The number of hydrogen-bond donors (Lipinski definition) is 1. The van der Waals surface area contributed by atoms with E-state index in [1.165, 1.54) is 0 Å². The molecule has 1 N–H and O–H groups in total. The summed E-state index contributed by atoms with van der Waals surface area (Å²) < 4.78 is 24.5. The molecule has 1 aromatic carbocycles. The van der Waals surface area contributed by atoms with E-state index in [2.05, 4.69) is 0 Å². The van der Waals surface area contributed by atoms with E-state index in [9.17, 15) is 8.42 Å². The summed E-state index contributed by atoms with van der Waals surface area (Å²) in [4.78, 5) is 0.411. The summed E-state index contributed by atoms with van der Waals surface area (Å²) in [6.07, 6.45) is 2.96. The van der Waals surface area contributed by atoms with Crippen LogP contribution in [0, 0.1) is 0 Å². The lowest BCUT2D eigenvalue weighted by Crippen LogP contribution is -2.29. The highest BCUT2D eigenvalue weighted by Gasteiger charge is 2.33. The van der Waals surface area contributed by atoms with Crippen LogP contribution in [-0.2, 0) is 16.3 Å². The lowest BCUT2D eigenvalue weighted by atomic mass is 10.00. The van der Waals surface area contributed by atoms with Crippen molar-refractivity contribution in [3.8, 4) is 0 Å². The summed E-state index contributed by atoms with van der Waals surface area (Å²) in [5.74, 6) is 0. The van der Waals surface area contributed by atoms with E-state index >= 15 is 0 Å². The number of hydrogen-bond acceptors (Lipinski definition) is 3. The van der Waals surface area contributed by atoms with Crippen LogP contribution in [0.3, 0.4) is 0 Å². The monoisotopic (exact) mass is 240 g/mol. The summed E-state index contributed by atoms with van der Waals surface area (Å²) in [7, 11) is -3.17. The number of aliphatic hydroxyl groups excluding tert-OH is 1. The quantitative estimate of drug-likeness (QED) is 0.868. The number of sulfone groups is 1. The van der Waals surface area contributed by atoms with Gasteiger partial charge >= 0.3 is 0 Å². The van der Waals surface area contributed by atoms with Gasteiger partial charge in [0.2, 0.25) is 0 Å². The van der Waals surface area contributed by atoms with Crippen LogP contribution >= 0.6 is 0 Å².